The third kappa shape index (κ3) is 4.13. The van der Waals surface area contributed by atoms with Crippen molar-refractivity contribution in [1.29, 1.82) is 0 Å². The van der Waals surface area contributed by atoms with Crippen LogP contribution in [0.25, 0.3) is 0 Å². The standard InChI is InChI=1S/C12H22O2/c1-6-12(13,7-2)9-8-11(14-5)10(3)4/h10-11,13H,6-7H2,1-5H3. The van der Waals surface area contributed by atoms with E-state index in [1.165, 1.54) is 0 Å². The summed E-state index contributed by atoms with van der Waals surface area (Å²) in [5.74, 6) is 6.25. The molecule has 2 nitrogen and oxygen atoms in total. The van der Waals surface area contributed by atoms with Gasteiger partial charge in [-0.3, -0.25) is 0 Å². The van der Waals surface area contributed by atoms with Crippen molar-refractivity contribution in [1.82, 2.24) is 0 Å². The lowest BCUT2D eigenvalue weighted by molar-refractivity contribution is 0.0887. The lowest BCUT2D eigenvalue weighted by Crippen LogP contribution is -2.25. The summed E-state index contributed by atoms with van der Waals surface area (Å²) < 4.78 is 5.21. The molecular formula is C12H22O2. The molecule has 0 aromatic carbocycles. The van der Waals surface area contributed by atoms with Crippen molar-refractivity contribution < 1.29 is 9.84 Å². The molecular weight excluding hydrogens is 176 g/mol. The van der Waals surface area contributed by atoms with E-state index in [2.05, 4.69) is 25.7 Å². The van der Waals surface area contributed by atoms with E-state index in [0.717, 1.165) is 0 Å². The van der Waals surface area contributed by atoms with Gasteiger partial charge in [0.2, 0.25) is 0 Å². The number of methoxy groups -OCH3 is 1. The fourth-order valence-corrected chi connectivity index (χ4v) is 1.13. The SMILES string of the molecule is CCC(O)(C#CC(OC)C(C)C)CC. The van der Waals surface area contributed by atoms with Gasteiger partial charge in [-0.25, -0.2) is 0 Å². The van der Waals surface area contributed by atoms with Crippen LogP contribution in [0.4, 0.5) is 0 Å². The second kappa shape index (κ2) is 6.06. The Bertz CT molecular complexity index is 206. The third-order valence-electron chi connectivity index (χ3n) is 2.48. The highest BCUT2D eigenvalue weighted by Crippen LogP contribution is 2.13. The fraction of sp³-hybridized carbons (Fsp3) is 0.833. The molecule has 0 spiro atoms. The Morgan fingerprint density at radius 1 is 1.29 bits per heavy atom. The maximum absolute atomic E-state index is 9.93. The van der Waals surface area contributed by atoms with E-state index in [1.807, 2.05) is 13.8 Å². The van der Waals surface area contributed by atoms with Gasteiger partial charge in [0, 0.05) is 7.11 Å². The molecule has 14 heavy (non-hydrogen) atoms. The van der Waals surface area contributed by atoms with Gasteiger partial charge in [-0.05, 0) is 18.8 Å². The van der Waals surface area contributed by atoms with Crippen LogP contribution >= 0.6 is 0 Å². The Hall–Kier alpha value is -0.520. The maximum Gasteiger partial charge on any atom is 0.125 e. The fourth-order valence-electron chi connectivity index (χ4n) is 1.13. The minimum absolute atomic E-state index is 0.0837. The second-order valence-corrected chi connectivity index (χ2v) is 3.91. The van der Waals surface area contributed by atoms with Crippen LogP contribution in [-0.2, 0) is 4.74 Å². The average molecular weight is 198 g/mol. The minimum atomic E-state index is -0.842. The van der Waals surface area contributed by atoms with Crippen molar-refractivity contribution in [2.24, 2.45) is 5.92 Å². The van der Waals surface area contributed by atoms with Gasteiger partial charge in [-0.15, -0.1) is 0 Å². The van der Waals surface area contributed by atoms with Crippen molar-refractivity contribution in [2.75, 3.05) is 7.11 Å². The molecule has 0 heterocycles. The van der Waals surface area contributed by atoms with Gasteiger partial charge in [-0.2, -0.15) is 0 Å². The molecule has 0 aliphatic heterocycles. The van der Waals surface area contributed by atoms with Gasteiger partial charge in [0.05, 0.1) is 0 Å². The van der Waals surface area contributed by atoms with Crippen molar-refractivity contribution in [3.63, 3.8) is 0 Å². The molecule has 0 aliphatic rings. The summed E-state index contributed by atoms with van der Waals surface area (Å²) in [6, 6.07) is 0. The van der Waals surface area contributed by atoms with E-state index in [9.17, 15) is 5.11 Å². The predicted octanol–water partition coefficient (Wildman–Crippen LogP) is 2.21. The third-order valence-corrected chi connectivity index (χ3v) is 2.48. The Balaban J connectivity index is 4.52. The van der Waals surface area contributed by atoms with E-state index in [1.54, 1.807) is 7.11 Å². The minimum Gasteiger partial charge on any atom is -0.378 e. The summed E-state index contributed by atoms with van der Waals surface area (Å²) in [6.07, 6.45) is 1.23. The highest BCUT2D eigenvalue weighted by molar-refractivity contribution is 5.16. The maximum atomic E-state index is 9.93. The van der Waals surface area contributed by atoms with Gasteiger partial charge in [0.15, 0.2) is 0 Å². The van der Waals surface area contributed by atoms with Gasteiger partial charge < -0.3 is 9.84 Å². The summed E-state index contributed by atoms with van der Waals surface area (Å²) >= 11 is 0. The predicted molar refractivity (Wildman–Crippen MR) is 58.9 cm³/mol. The Morgan fingerprint density at radius 2 is 1.79 bits per heavy atom. The number of ether oxygens (including phenoxy) is 1. The highest BCUT2D eigenvalue weighted by atomic mass is 16.5. The van der Waals surface area contributed by atoms with E-state index in [0.29, 0.717) is 18.8 Å². The van der Waals surface area contributed by atoms with Crippen LogP contribution < -0.4 is 0 Å². The smallest absolute Gasteiger partial charge is 0.125 e. The normalized spacial score (nSPS) is 13.6. The number of rotatable bonds is 4. The molecule has 1 N–H and O–H groups in total. The van der Waals surface area contributed by atoms with Crippen molar-refractivity contribution >= 4 is 0 Å². The van der Waals surface area contributed by atoms with Crippen LogP contribution in [0.2, 0.25) is 0 Å². The quantitative estimate of drug-likeness (QED) is 0.702. The van der Waals surface area contributed by atoms with Crippen molar-refractivity contribution in [2.45, 2.75) is 52.2 Å². The van der Waals surface area contributed by atoms with Crippen LogP contribution in [0.3, 0.4) is 0 Å². The first kappa shape index (κ1) is 13.5. The zero-order valence-electron chi connectivity index (χ0n) is 9.92. The molecule has 0 saturated carbocycles. The van der Waals surface area contributed by atoms with Gasteiger partial charge in [-0.1, -0.05) is 39.5 Å². The highest BCUT2D eigenvalue weighted by Gasteiger charge is 2.19. The molecule has 1 atom stereocenters. The first-order valence-corrected chi connectivity index (χ1v) is 5.27. The molecule has 0 fully saturated rings. The molecule has 0 radical (unpaired) electrons. The first-order valence-electron chi connectivity index (χ1n) is 5.27. The zero-order valence-corrected chi connectivity index (χ0v) is 9.92. The lowest BCUT2D eigenvalue weighted by Gasteiger charge is -2.19. The molecule has 1 unspecified atom stereocenters. The van der Waals surface area contributed by atoms with Crippen LogP contribution in [0.15, 0.2) is 0 Å². The lowest BCUT2D eigenvalue weighted by atomic mass is 9.97. The number of aliphatic hydroxyl groups is 1. The molecule has 0 saturated heterocycles. The Morgan fingerprint density at radius 3 is 2.07 bits per heavy atom. The monoisotopic (exact) mass is 198 g/mol. The van der Waals surface area contributed by atoms with Gasteiger partial charge in [0.25, 0.3) is 0 Å². The van der Waals surface area contributed by atoms with E-state index >= 15 is 0 Å². The topological polar surface area (TPSA) is 29.5 Å². The largest absolute Gasteiger partial charge is 0.378 e. The van der Waals surface area contributed by atoms with Gasteiger partial charge in [0.1, 0.15) is 11.7 Å². The second-order valence-electron chi connectivity index (χ2n) is 3.91. The summed E-state index contributed by atoms with van der Waals surface area (Å²) in [7, 11) is 1.65. The summed E-state index contributed by atoms with van der Waals surface area (Å²) in [4.78, 5) is 0. The zero-order chi connectivity index (χ0) is 11.2. The van der Waals surface area contributed by atoms with Crippen LogP contribution in [0.5, 0.6) is 0 Å². The average Bonchev–Trinajstić information content (AvgIpc) is 2.18. The molecule has 0 aromatic rings. The molecule has 0 aromatic heterocycles. The van der Waals surface area contributed by atoms with Gasteiger partial charge >= 0.3 is 0 Å². The molecule has 2 heteroatoms. The van der Waals surface area contributed by atoms with E-state index in [-0.39, 0.29) is 6.10 Å². The molecule has 0 amide bonds. The molecule has 0 aliphatic carbocycles. The van der Waals surface area contributed by atoms with E-state index < -0.39 is 5.60 Å². The summed E-state index contributed by atoms with van der Waals surface area (Å²) in [5, 5.41) is 9.93. The first-order chi connectivity index (χ1) is 6.49. The van der Waals surface area contributed by atoms with Crippen LogP contribution in [0, 0.1) is 17.8 Å². The molecule has 0 bridgehead atoms. The van der Waals surface area contributed by atoms with Crippen LogP contribution in [-0.4, -0.2) is 23.9 Å². The Labute approximate surface area is 87.7 Å². The molecule has 0 rings (SSSR count). The summed E-state index contributed by atoms with van der Waals surface area (Å²) in [6.45, 7) is 7.99. The van der Waals surface area contributed by atoms with Crippen molar-refractivity contribution in [3.8, 4) is 11.8 Å². The Kier molecular flexibility index (Phi) is 5.83. The molecule has 82 valence electrons. The van der Waals surface area contributed by atoms with Crippen LogP contribution in [0.1, 0.15) is 40.5 Å². The summed E-state index contributed by atoms with van der Waals surface area (Å²) in [5.41, 5.74) is -0.842. The number of hydrogen-bond donors (Lipinski definition) is 1. The number of hydrogen-bond acceptors (Lipinski definition) is 2. The van der Waals surface area contributed by atoms with Crippen molar-refractivity contribution in [3.05, 3.63) is 0 Å². The van der Waals surface area contributed by atoms with E-state index in [4.69, 9.17) is 4.74 Å².